The van der Waals surface area contributed by atoms with E-state index in [1.54, 1.807) is 0 Å². The lowest BCUT2D eigenvalue weighted by molar-refractivity contribution is 0.635. The van der Waals surface area contributed by atoms with E-state index < -0.39 is 0 Å². The lowest BCUT2D eigenvalue weighted by Gasteiger charge is -2.10. The molecular formula is C28H30N8. The fourth-order valence-electron chi connectivity index (χ4n) is 4.27. The molecule has 0 fully saturated rings. The van der Waals surface area contributed by atoms with Gasteiger partial charge in [0.15, 0.2) is 5.82 Å². The van der Waals surface area contributed by atoms with E-state index in [9.17, 15) is 0 Å². The number of nitrogens with zero attached hydrogens (tertiary/aromatic N) is 6. The Bertz CT molecular complexity index is 1390. The topological polar surface area (TPSA) is 111 Å². The molecule has 2 heterocycles. The molecule has 5 aromatic rings. The summed E-state index contributed by atoms with van der Waals surface area (Å²) in [6, 6.07) is 25.1. The number of rotatable bonds is 10. The zero-order valence-corrected chi connectivity index (χ0v) is 20.4. The number of H-pyrrole nitrogens is 1. The van der Waals surface area contributed by atoms with E-state index in [0.717, 1.165) is 59.6 Å². The second-order valence-electron chi connectivity index (χ2n) is 8.88. The largest absolute Gasteiger partial charge is 0.326 e. The van der Waals surface area contributed by atoms with Gasteiger partial charge in [-0.1, -0.05) is 86.1 Å². The first-order valence-corrected chi connectivity index (χ1v) is 12.4. The number of benzene rings is 3. The number of aromatic nitrogens is 7. The number of hydrogen-bond acceptors (Lipinski definition) is 6. The minimum absolute atomic E-state index is 0.549. The fraction of sp³-hybridized carbons (Fsp3) is 0.250. The Kier molecular flexibility index (Phi) is 7.23. The lowest BCUT2D eigenvalue weighted by Crippen LogP contribution is -2.08. The Balaban J connectivity index is 1.38. The summed E-state index contributed by atoms with van der Waals surface area (Å²) in [5.74, 6) is 2.48. The third-order valence-corrected chi connectivity index (χ3v) is 6.28. The minimum atomic E-state index is 0.549. The van der Waals surface area contributed by atoms with E-state index in [2.05, 4.69) is 82.1 Å². The summed E-state index contributed by atoms with van der Waals surface area (Å²) in [7, 11) is 0. The number of nitrogens with one attached hydrogen (secondary N) is 1. The Morgan fingerprint density at radius 2 is 1.58 bits per heavy atom. The molecule has 0 spiro atoms. The van der Waals surface area contributed by atoms with E-state index >= 15 is 0 Å². The molecule has 3 N–H and O–H groups in total. The maximum Gasteiger partial charge on any atom is 0.205 e. The molecule has 5 rings (SSSR count). The maximum absolute atomic E-state index is 5.76. The molecule has 0 radical (unpaired) electrons. The second-order valence-corrected chi connectivity index (χ2v) is 8.88. The van der Waals surface area contributed by atoms with Crippen LogP contribution in [-0.4, -0.2) is 35.4 Å². The molecule has 2 aromatic heterocycles. The van der Waals surface area contributed by atoms with Crippen LogP contribution in [0.15, 0.2) is 72.8 Å². The van der Waals surface area contributed by atoms with Crippen molar-refractivity contribution in [1.82, 2.24) is 35.4 Å². The lowest BCUT2D eigenvalue weighted by atomic mass is 9.98. The number of unbranched alkanes of at least 4 members (excludes halogenated alkanes) is 1. The van der Waals surface area contributed by atoms with Crippen molar-refractivity contribution in [3.63, 3.8) is 0 Å². The van der Waals surface area contributed by atoms with Gasteiger partial charge in [-0.05, 0) is 39.5 Å². The highest BCUT2D eigenvalue weighted by molar-refractivity contribution is 5.80. The molecule has 0 aliphatic rings. The van der Waals surface area contributed by atoms with Crippen LogP contribution in [0.5, 0.6) is 0 Å². The molecule has 36 heavy (non-hydrogen) atoms. The first-order chi connectivity index (χ1) is 17.7. The van der Waals surface area contributed by atoms with Gasteiger partial charge in [0, 0.05) is 24.9 Å². The number of nitrogens with two attached hydrogens (primary N) is 1. The smallest absolute Gasteiger partial charge is 0.205 e. The van der Waals surface area contributed by atoms with E-state index in [1.165, 1.54) is 11.1 Å². The number of tetrazole rings is 1. The van der Waals surface area contributed by atoms with E-state index in [4.69, 9.17) is 15.8 Å². The molecule has 8 nitrogen and oxygen atoms in total. The van der Waals surface area contributed by atoms with Crippen molar-refractivity contribution in [2.24, 2.45) is 5.73 Å². The first kappa shape index (κ1) is 23.6. The molecule has 0 saturated carbocycles. The first-order valence-electron chi connectivity index (χ1n) is 12.4. The van der Waals surface area contributed by atoms with E-state index in [0.29, 0.717) is 18.9 Å². The summed E-state index contributed by atoms with van der Waals surface area (Å²) in [5.41, 5.74) is 12.4. The van der Waals surface area contributed by atoms with Gasteiger partial charge in [-0.2, -0.15) is 10.3 Å². The van der Waals surface area contributed by atoms with Gasteiger partial charge in [0.05, 0.1) is 6.54 Å². The van der Waals surface area contributed by atoms with E-state index in [-0.39, 0.29) is 0 Å². The molecule has 0 atom stereocenters. The average molecular weight is 479 g/mol. The minimum Gasteiger partial charge on any atom is -0.326 e. The van der Waals surface area contributed by atoms with Crippen LogP contribution in [0.3, 0.4) is 0 Å². The average Bonchev–Trinajstić information content (AvgIpc) is 3.59. The summed E-state index contributed by atoms with van der Waals surface area (Å²) in [4.78, 5) is 4.89. The van der Waals surface area contributed by atoms with Crippen LogP contribution in [0.1, 0.15) is 48.1 Å². The molecule has 0 amide bonds. The third kappa shape index (κ3) is 5.39. The van der Waals surface area contributed by atoms with E-state index in [1.807, 2.05) is 22.9 Å². The summed E-state index contributed by atoms with van der Waals surface area (Å²) < 4.78 is 2.05. The van der Waals surface area contributed by atoms with Crippen LogP contribution in [-0.2, 0) is 25.9 Å². The monoisotopic (exact) mass is 478 g/mol. The standard InChI is InChI=1S/C28H30N8/c1-2-3-8-26-30-27(17-20-9-11-21(18-29)12-10-20)36(33-26)19-22-13-15-23(16-14-22)24-6-4-5-7-25(24)28-31-34-35-32-28/h4-7,9-16H,2-3,8,17-19,29H2,1H3,(H,31,32,34,35). The van der Waals surface area contributed by atoms with Gasteiger partial charge in [0.1, 0.15) is 5.82 Å². The Morgan fingerprint density at radius 3 is 2.28 bits per heavy atom. The van der Waals surface area contributed by atoms with Gasteiger partial charge in [-0.3, -0.25) is 0 Å². The quantitative estimate of drug-likeness (QED) is 0.304. The number of aryl methyl sites for hydroxylation is 1. The predicted octanol–water partition coefficient (Wildman–Crippen LogP) is 4.57. The van der Waals surface area contributed by atoms with Crippen molar-refractivity contribution in [1.29, 1.82) is 0 Å². The SMILES string of the molecule is CCCCc1nc(Cc2ccc(CN)cc2)n(Cc2ccc(-c3ccccc3-c3nn[nH]n3)cc2)n1. The highest BCUT2D eigenvalue weighted by atomic mass is 15.5. The van der Waals surface area contributed by atoms with Crippen molar-refractivity contribution in [3.8, 4) is 22.5 Å². The van der Waals surface area contributed by atoms with Gasteiger partial charge in [-0.25, -0.2) is 9.67 Å². The zero-order valence-electron chi connectivity index (χ0n) is 20.4. The molecule has 182 valence electrons. The Morgan fingerprint density at radius 1 is 0.861 bits per heavy atom. The van der Waals surface area contributed by atoms with Crippen LogP contribution in [0.4, 0.5) is 0 Å². The van der Waals surface area contributed by atoms with Crippen LogP contribution < -0.4 is 5.73 Å². The molecule has 0 unspecified atom stereocenters. The molecule has 8 heteroatoms. The summed E-state index contributed by atoms with van der Waals surface area (Å²) in [6.45, 7) is 3.41. The van der Waals surface area contributed by atoms with Crippen molar-refractivity contribution in [2.45, 2.75) is 45.7 Å². The van der Waals surface area contributed by atoms with Crippen molar-refractivity contribution in [2.75, 3.05) is 0 Å². The zero-order chi connectivity index (χ0) is 24.7. The van der Waals surface area contributed by atoms with Gasteiger partial charge < -0.3 is 5.73 Å². The summed E-state index contributed by atoms with van der Waals surface area (Å²) in [6.07, 6.45) is 3.84. The van der Waals surface area contributed by atoms with Crippen molar-refractivity contribution < 1.29 is 0 Å². The summed E-state index contributed by atoms with van der Waals surface area (Å²) in [5, 5.41) is 19.4. The fourth-order valence-corrected chi connectivity index (χ4v) is 4.27. The van der Waals surface area contributed by atoms with Gasteiger partial charge in [0.2, 0.25) is 5.82 Å². The summed E-state index contributed by atoms with van der Waals surface area (Å²) >= 11 is 0. The molecular weight excluding hydrogens is 448 g/mol. The number of hydrogen-bond donors (Lipinski definition) is 2. The number of aromatic amines is 1. The molecule has 0 aliphatic heterocycles. The third-order valence-electron chi connectivity index (χ3n) is 6.28. The molecule has 0 aliphatic carbocycles. The maximum atomic E-state index is 5.76. The Labute approximate surface area is 210 Å². The van der Waals surface area contributed by atoms with Crippen molar-refractivity contribution in [3.05, 3.63) is 101 Å². The second kappa shape index (κ2) is 11.0. The van der Waals surface area contributed by atoms with Gasteiger partial charge in [0.25, 0.3) is 0 Å². The van der Waals surface area contributed by atoms with Crippen LogP contribution >= 0.6 is 0 Å². The van der Waals surface area contributed by atoms with Gasteiger partial charge >= 0.3 is 0 Å². The molecule has 3 aromatic carbocycles. The molecule has 0 saturated heterocycles. The van der Waals surface area contributed by atoms with Crippen LogP contribution in [0.25, 0.3) is 22.5 Å². The highest BCUT2D eigenvalue weighted by Gasteiger charge is 2.13. The van der Waals surface area contributed by atoms with Crippen LogP contribution in [0, 0.1) is 0 Å². The Hall–Kier alpha value is -4.17. The van der Waals surface area contributed by atoms with Crippen LogP contribution in [0.2, 0.25) is 0 Å². The molecule has 0 bridgehead atoms. The normalized spacial score (nSPS) is 11.2. The predicted molar refractivity (Wildman–Crippen MR) is 140 cm³/mol. The highest BCUT2D eigenvalue weighted by Crippen LogP contribution is 2.29. The van der Waals surface area contributed by atoms with Crippen molar-refractivity contribution >= 4 is 0 Å². The van der Waals surface area contributed by atoms with Gasteiger partial charge in [-0.15, -0.1) is 10.2 Å².